The SMILES string of the molecule is CC(C)(C)c1ccnc(-c2cc(Oc3cccc(-n4ncc5ccccc54)c3)c3oc4cccc5oc2c3c45)c1. The summed E-state index contributed by atoms with van der Waals surface area (Å²) >= 11 is 0. The van der Waals surface area contributed by atoms with Gasteiger partial charge in [0.15, 0.2) is 11.3 Å². The smallest absolute Gasteiger partial charge is 0.181 e. The van der Waals surface area contributed by atoms with Gasteiger partial charge in [-0.25, -0.2) is 4.68 Å². The molecular formula is C34H25N3O3. The number of furan rings is 2. The second-order valence-corrected chi connectivity index (χ2v) is 11.2. The molecule has 8 rings (SSSR count). The molecule has 0 amide bonds. The Hall–Kier alpha value is -5.10. The van der Waals surface area contributed by atoms with E-state index in [1.807, 2.05) is 77.7 Å². The zero-order valence-electron chi connectivity index (χ0n) is 22.3. The predicted octanol–water partition coefficient (Wildman–Crippen LogP) is 9.26. The predicted molar refractivity (Wildman–Crippen MR) is 158 cm³/mol. The summed E-state index contributed by atoms with van der Waals surface area (Å²) in [6, 6.07) is 28.1. The normalized spacial score (nSPS) is 12.4. The Bertz CT molecular complexity index is 2190. The van der Waals surface area contributed by atoms with Crippen molar-refractivity contribution < 1.29 is 13.6 Å². The van der Waals surface area contributed by atoms with Gasteiger partial charge < -0.3 is 13.6 Å². The van der Waals surface area contributed by atoms with E-state index >= 15 is 0 Å². The van der Waals surface area contributed by atoms with Gasteiger partial charge in [0, 0.05) is 23.2 Å². The van der Waals surface area contributed by atoms with Gasteiger partial charge in [-0.15, -0.1) is 0 Å². The third-order valence-corrected chi connectivity index (χ3v) is 7.53. The number of ether oxygens (including phenoxy) is 1. The van der Waals surface area contributed by atoms with E-state index in [4.69, 9.17) is 18.6 Å². The first-order valence-corrected chi connectivity index (χ1v) is 13.3. The third-order valence-electron chi connectivity index (χ3n) is 7.53. The van der Waals surface area contributed by atoms with Gasteiger partial charge in [-0.1, -0.05) is 51.1 Å². The highest BCUT2D eigenvalue weighted by atomic mass is 16.5. The zero-order chi connectivity index (χ0) is 27.0. The van der Waals surface area contributed by atoms with Crippen LogP contribution < -0.4 is 4.74 Å². The van der Waals surface area contributed by atoms with E-state index in [0.717, 1.165) is 55.4 Å². The Balaban J connectivity index is 1.31. The maximum absolute atomic E-state index is 6.59. The molecule has 0 unspecified atom stereocenters. The lowest BCUT2D eigenvalue weighted by Gasteiger charge is -2.19. The van der Waals surface area contributed by atoms with Crippen molar-refractivity contribution >= 4 is 44.0 Å². The molecule has 6 heteroatoms. The molecule has 0 N–H and O–H groups in total. The van der Waals surface area contributed by atoms with Gasteiger partial charge in [-0.3, -0.25) is 4.98 Å². The van der Waals surface area contributed by atoms with Crippen molar-refractivity contribution in [2.45, 2.75) is 26.2 Å². The number of aromatic nitrogens is 3. The Morgan fingerprint density at radius 3 is 2.42 bits per heavy atom. The van der Waals surface area contributed by atoms with Crippen LogP contribution >= 0.6 is 0 Å². The van der Waals surface area contributed by atoms with Crippen molar-refractivity contribution in [3.05, 3.63) is 103 Å². The van der Waals surface area contributed by atoms with E-state index in [9.17, 15) is 0 Å². The molecule has 0 saturated heterocycles. The average Bonchev–Trinajstić information content (AvgIpc) is 3.68. The van der Waals surface area contributed by atoms with Crippen LogP contribution in [0.15, 0.2) is 106 Å². The molecule has 4 aromatic carbocycles. The van der Waals surface area contributed by atoms with Crippen LogP contribution in [0.4, 0.5) is 0 Å². The molecule has 0 saturated carbocycles. The summed E-state index contributed by atoms with van der Waals surface area (Å²) in [5.41, 5.74) is 7.75. The Kier molecular flexibility index (Phi) is 4.68. The van der Waals surface area contributed by atoms with E-state index in [-0.39, 0.29) is 5.41 Å². The van der Waals surface area contributed by atoms with Gasteiger partial charge in [-0.05, 0) is 59.5 Å². The van der Waals surface area contributed by atoms with Gasteiger partial charge in [0.05, 0.1) is 33.9 Å². The molecule has 0 aliphatic rings. The fourth-order valence-corrected chi connectivity index (χ4v) is 5.50. The van der Waals surface area contributed by atoms with Crippen LogP contribution in [0.5, 0.6) is 11.5 Å². The second-order valence-electron chi connectivity index (χ2n) is 11.2. The van der Waals surface area contributed by atoms with Gasteiger partial charge in [0.1, 0.15) is 22.5 Å². The van der Waals surface area contributed by atoms with Crippen molar-refractivity contribution in [3.8, 4) is 28.4 Å². The molecule has 0 bridgehead atoms. The fourth-order valence-electron chi connectivity index (χ4n) is 5.50. The maximum atomic E-state index is 6.59. The maximum Gasteiger partial charge on any atom is 0.181 e. The third kappa shape index (κ3) is 3.42. The van der Waals surface area contributed by atoms with E-state index in [1.165, 1.54) is 5.56 Å². The molecule has 4 aromatic heterocycles. The largest absolute Gasteiger partial charge is 0.455 e. The topological polar surface area (TPSA) is 66.2 Å². The van der Waals surface area contributed by atoms with E-state index in [1.54, 1.807) is 0 Å². The van der Waals surface area contributed by atoms with E-state index in [0.29, 0.717) is 17.1 Å². The first kappa shape index (κ1) is 22.8. The first-order valence-electron chi connectivity index (χ1n) is 13.3. The first-order chi connectivity index (χ1) is 19.4. The minimum atomic E-state index is -0.0225. The van der Waals surface area contributed by atoms with Gasteiger partial charge in [0.2, 0.25) is 0 Å². The lowest BCUT2D eigenvalue weighted by Crippen LogP contribution is -2.11. The molecule has 0 aliphatic heterocycles. The number of fused-ring (bicyclic) bond motifs is 1. The molecule has 0 fully saturated rings. The highest BCUT2D eigenvalue weighted by Crippen LogP contribution is 2.48. The number of rotatable bonds is 4. The summed E-state index contributed by atoms with van der Waals surface area (Å²) in [7, 11) is 0. The van der Waals surface area contributed by atoms with Crippen molar-refractivity contribution in [2.24, 2.45) is 0 Å². The molecule has 6 nitrogen and oxygen atoms in total. The van der Waals surface area contributed by atoms with Crippen molar-refractivity contribution in [3.63, 3.8) is 0 Å². The van der Waals surface area contributed by atoms with Gasteiger partial charge in [-0.2, -0.15) is 5.10 Å². The van der Waals surface area contributed by atoms with Gasteiger partial charge >= 0.3 is 0 Å². The fraction of sp³-hybridized carbons (Fsp3) is 0.118. The van der Waals surface area contributed by atoms with Crippen LogP contribution in [-0.2, 0) is 5.41 Å². The quantitative estimate of drug-likeness (QED) is 0.230. The van der Waals surface area contributed by atoms with Crippen molar-refractivity contribution in [1.82, 2.24) is 14.8 Å². The van der Waals surface area contributed by atoms with Crippen LogP contribution in [0, 0.1) is 0 Å². The lowest BCUT2D eigenvalue weighted by molar-refractivity contribution is 0.476. The number of para-hydroxylation sites is 1. The molecular weight excluding hydrogens is 498 g/mol. The summed E-state index contributed by atoms with van der Waals surface area (Å²) in [6.45, 7) is 6.60. The summed E-state index contributed by atoms with van der Waals surface area (Å²) in [4.78, 5) is 4.75. The van der Waals surface area contributed by atoms with Crippen LogP contribution in [0.25, 0.3) is 61.0 Å². The van der Waals surface area contributed by atoms with E-state index in [2.05, 4.69) is 50.1 Å². The molecule has 194 valence electrons. The molecule has 0 atom stereocenters. The number of pyridine rings is 1. The van der Waals surface area contributed by atoms with Gasteiger partial charge in [0.25, 0.3) is 0 Å². The Morgan fingerprint density at radius 1 is 0.775 bits per heavy atom. The number of hydrogen-bond donors (Lipinski definition) is 0. The second kappa shape index (κ2) is 8.20. The van der Waals surface area contributed by atoms with Crippen LogP contribution in [0.1, 0.15) is 26.3 Å². The minimum absolute atomic E-state index is 0.0225. The molecule has 4 heterocycles. The number of nitrogens with zero attached hydrogens (tertiary/aromatic N) is 3. The summed E-state index contributed by atoms with van der Waals surface area (Å²) < 4.78 is 21.3. The molecule has 0 radical (unpaired) electrons. The standard InChI is InChI=1S/C34H25N3O3/c1-34(2,3)21-14-15-35-25(16-21)24-18-29(33-31-30-27(39-32(24)31)12-7-13-28(30)40-33)38-23-10-6-9-22(17-23)37-26-11-5-4-8-20(26)19-36-37/h4-19H,1-3H3. The Labute approximate surface area is 229 Å². The number of benzene rings is 4. The zero-order valence-corrected chi connectivity index (χ0v) is 22.3. The van der Waals surface area contributed by atoms with Crippen LogP contribution in [0.2, 0.25) is 0 Å². The van der Waals surface area contributed by atoms with Crippen molar-refractivity contribution in [2.75, 3.05) is 0 Å². The molecule has 40 heavy (non-hydrogen) atoms. The molecule has 8 aromatic rings. The van der Waals surface area contributed by atoms with Crippen molar-refractivity contribution in [1.29, 1.82) is 0 Å². The summed E-state index contributed by atoms with van der Waals surface area (Å²) in [6.07, 6.45) is 3.73. The lowest BCUT2D eigenvalue weighted by atomic mass is 9.87. The highest BCUT2D eigenvalue weighted by molar-refractivity contribution is 6.24. The molecule has 0 aliphatic carbocycles. The van der Waals surface area contributed by atoms with E-state index < -0.39 is 0 Å². The molecule has 0 spiro atoms. The monoisotopic (exact) mass is 523 g/mol. The highest BCUT2D eigenvalue weighted by Gasteiger charge is 2.26. The summed E-state index contributed by atoms with van der Waals surface area (Å²) in [5.74, 6) is 1.28. The minimum Gasteiger partial charge on any atom is -0.455 e. The average molecular weight is 524 g/mol. The summed E-state index contributed by atoms with van der Waals surface area (Å²) in [5, 5.41) is 7.56. The van der Waals surface area contributed by atoms with Crippen LogP contribution in [-0.4, -0.2) is 14.8 Å². The van der Waals surface area contributed by atoms with Crippen LogP contribution in [0.3, 0.4) is 0 Å². The number of hydrogen-bond acceptors (Lipinski definition) is 5. The Morgan fingerprint density at radius 2 is 1.57 bits per heavy atom.